The number of methoxy groups -OCH3 is 1. The number of halogens is 2. The molecule has 1 rings (SSSR count). The number of ketones is 1. The Hall–Kier alpha value is -0.430. The molecule has 0 unspecified atom stereocenters. The predicted octanol–water partition coefficient (Wildman–Crippen LogP) is 2.69. The van der Waals surface area contributed by atoms with Crippen molar-refractivity contribution in [1.82, 2.24) is 0 Å². The number of rotatable bonds is 4. The Morgan fingerprint density at radius 2 is 2.27 bits per heavy atom. The van der Waals surface area contributed by atoms with Crippen molar-refractivity contribution in [3.05, 3.63) is 26.8 Å². The van der Waals surface area contributed by atoms with E-state index < -0.39 is 0 Å². The molecule has 0 atom stereocenters. The zero-order chi connectivity index (χ0) is 11.4. The average molecular weight is 383 g/mol. The van der Waals surface area contributed by atoms with Crippen molar-refractivity contribution >= 4 is 50.6 Å². The first kappa shape index (κ1) is 12.6. The van der Waals surface area contributed by atoms with Gasteiger partial charge in [-0.1, -0.05) is 15.9 Å². The van der Waals surface area contributed by atoms with E-state index in [1.54, 1.807) is 12.1 Å². The van der Waals surface area contributed by atoms with Crippen molar-refractivity contribution in [2.75, 3.05) is 12.4 Å². The van der Waals surface area contributed by atoms with E-state index in [0.29, 0.717) is 16.9 Å². The maximum Gasteiger partial charge on any atom is 0.177 e. The van der Waals surface area contributed by atoms with Gasteiger partial charge in [0, 0.05) is 9.13 Å². The SMILES string of the molecule is COc1cc(I)c(C=O)cc1C(=O)CBr. The van der Waals surface area contributed by atoms with Crippen LogP contribution >= 0.6 is 38.5 Å². The van der Waals surface area contributed by atoms with Crippen LogP contribution in [0.25, 0.3) is 0 Å². The van der Waals surface area contributed by atoms with Gasteiger partial charge in [0.25, 0.3) is 0 Å². The van der Waals surface area contributed by atoms with Gasteiger partial charge < -0.3 is 4.74 Å². The summed E-state index contributed by atoms with van der Waals surface area (Å²) in [6.45, 7) is 0. The maximum absolute atomic E-state index is 11.5. The van der Waals surface area contributed by atoms with Crippen LogP contribution in [0.4, 0.5) is 0 Å². The number of alkyl halides is 1. The van der Waals surface area contributed by atoms with E-state index in [1.807, 2.05) is 22.6 Å². The van der Waals surface area contributed by atoms with Gasteiger partial charge in [-0.2, -0.15) is 0 Å². The first-order valence-corrected chi connectivity index (χ1v) is 6.26. The lowest BCUT2D eigenvalue weighted by atomic mass is 10.1. The molecular formula is C10H8BrIO3. The summed E-state index contributed by atoms with van der Waals surface area (Å²) >= 11 is 5.11. The molecule has 0 bridgehead atoms. The van der Waals surface area contributed by atoms with E-state index in [1.165, 1.54) is 7.11 Å². The van der Waals surface area contributed by atoms with Gasteiger partial charge in [-0.05, 0) is 34.7 Å². The number of carbonyl (C=O) groups excluding carboxylic acids is 2. The van der Waals surface area contributed by atoms with E-state index in [2.05, 4.69) is 15.9 Å². The van der Waals surface area contributed by atoms with Crippen LogP contribution in [-0.2, 0) is 0 Å². The Balaban J connectivity index is 3.34. The second kappa shape index (κ2) is 5.60. The van der Waals surface area contributed by atoms with Crippen molar-refractivity contribution in [3.8, 4) is 5.75 Å². The van der Waals surface area contributed by atoms with Crippen molar-refractivity contribution in [2.24, 2.45) is 0 Å². The molecule has 0 aliphatic rings. The molecule has 0 amide bonds. The molecule has 0 aromatic heterocycles. The van der Waals surface area contributed by atoms with E-state index in [0.717, 1.165) is 9.86 Å². The van der Waals surface area contributed by atoms with Crippen LogP contribution in [0.2, 0.25) is 0 Å². The van der Waals surface area contributed by atoms with Crippen LogP contribution in [-0.4, -0.2) is 24.5 Å². The number of aldehydes is 1. The number of ether oxygens (including phenoxy) is 1. The molecule has 0 aliphatic heterocycles. The number of carbonyl (C=O) groups is 2. The fourth-order valence-electron chi connectivity index (χ4n) is 1.12. The third kappa shape index (κ3) is 2.78. The highest BCUT2D eigenvalue weighted by molar-refractivity contribution is 14.1. The lowest BCUT2D eigenvalue weighted by molar-refractivity contribution is 0.102. The van der Waals surface area contributed by atoms with Gasteiger partial charge in [0.2, 0.25) is 0 Å². The van der Waals surface area contributed by atoms with Crippen molar-refractivity contribution in [1.29, 1.82) is 0 Å². The smallest absolute Gasteiger partial charge is 0.177 e. The van der Waals surface area contributed by atoms with Gasteiger partial charge in [-0.25, -0.2) is 0 Å². The summed E-state index contributed by atoms with van der Waals surface area (Å²) < 4.78 is 5.86. The lowest BCUT2D eigenvalue weighted by Gasteiger charge is -2.08. The highest BCUT2D eigenvalue weighted by atomic mass is 127. The van der Waals surface area contributed by atoms with E-state index in [4.69, 9.17) is 4.74 Å². The molecule has 3 nitrogen and oxygen atoms in total. The molecule has 0 spiro atoms. The fraction of sp³-hybridized carbons (Fsp3) is 0.200. The Kier molecular flexibility index (Phi) is 4.72. The van der Waals surface area contributed by atoms with Crippen LogP contribution in [0.3, 0.4) is 0 Å². The van der Waals surface area contributed by atoms with E-state index in [-0.39, 0.29) is 11.1 Å². The highest BCUT2D eigenvalue weighted by Gasteiger charge is 2.14. The Labute approximate surface area is 109 Å². The number of hydrogen-bond donors (Lipinski definition) is 0. The summed E-state index contributed by atoms with van der Waals surface area (Å²) in [7, 11) is 1.50. The minimum absolute atomic E-state index is 0.105. The molecule has 5 heteroatoms. The summed E-state index contributed by atoms with van der Waals surface area (Å²) in [6, 6.07) is 3.23. The second-order valence-corrected chi connectivity index (χ2v) is 4.47. The molecule has 0 saturated carbocycles. The quantitative estimate of drug-likeness (QED) is 0.348. The Bertz CT molecular complexity index is 404. The molecule has 0 aliphatic carbocycles. The summed E-state index contributed by atoms with van der Waals surface area (Å²) in [5, 5.41) is 0.211. The number of Topliss-reactive ketones (excluding diaryl/α,β-unsaturated/α-hetero) is 1. The topological polar surface area (TPSA) is 43.4 Å². The van der Waals surface area contributed by atoms with Gasteiger partial charge in [0.05, 0.1) is 18.0 Å². The predicted molar refractivity (Wildman–Crippen MR) is 69.2 cm³/mol. The van der Waals surface area contributed by atoms with Crippen LogP contribution in [0.1, 0.15) is 20.7 Å². The summed E-state index contributed by atoms with van der Waals surface area (Å²) in [5.74, 6) is 0.390. The fourth-order valence-corrected chi connectivity index (χ4v) is 1.99. The summed E-state index contributed by atoms with van der Waals surface area (Å²) in [4.78, 5) is 22.2. The van der Waals surface area contributed by atoms with Crippen molar-refractivity contribution < 1.29 is 14.3 Å². The van der Waals surface area contributed by atoms with Crippen LogP contribution < -0.4 is 4.74 Å². The molecule has 0 saturated heterocycles. The second-order valence-electron chi connectivity index (χ2n) is 2.75. The molecule has 0 radical (unpaired) electrons. The Morgan fingerprint density at radius 1 is 1.60 bits per heavy atom. The molecule has 1 aromatic carbocycles. The van der Waals surface area contributed by atoms with Gasteiger partial charge in [-0.15, -0.1) is 0 Å². The zero-order valence-corrected chi connectivity index (χ0v) is 11.7. The van der Waals surface area contributed by atoms with Gasteiger partial charge in [-0.3, -0.25) is 9.59 Å². The molecule has 0 fully saturated rings. The van der Waals surface area contributed by atoms with Crippen molar-refractivity contribution in [3.63, 3.8) is 0 Å². The van der Waals surface area contributed by atoms with Crippen LogP contribution in [0.15, 0.2) is 12.1 Å². The summed E-state index contributed by atoms with van der Waals surface area (Å²) in [6.07, 6.45) is 0.728. The molecule has 1 aromatic rings. The first-order chi connectivity index (χ1) is 7.13. The molecule has 0 heterocycles. The molecule has 0 N–H and O–H groups in total. The minimum atomic E-state index is -0.105. The van der Waals surface area contributed by atoms with Gasteiger partial charge in [0.1, 0.15) is 5.75 Å². The van der Waals surface area contributed by atoms with Crippen LogP contribution in [0, 0.1) is 3.57 Å². The van der Waals surface area contributed by atoms with Crippen LogP contribution in [0.5, 0.6) is 5.75 Å². The standard InChI is InChI=1S/C10H8BrIO3/c1-15-10-3-8(12)6(5-13)2-7(10)9(14)4-11/h2-3,5H,4H2,1H3. The van der Waals surface area contributed by atoms with E-state index in [9.17, 15) is 9.59 Å². The molecular weight excluding hydrogens is 375 g/mol. The largest absolute Gasteiger partial charge is 0.496 e. The normalized spacial score (nSPS) is 9.80. The highest BCUT2D eigenvalue weighted by Crippen LogP contribution is 2.25. The zero-order valence-electron chi connectivity index (χ0n) is 7.92. The van der Waals surface area contributed by atoms with E-state index >= 15 is 0 Å². The first-order valence-electron chi connectivity index (χ1n) is 4.06. The minimum Gasteiger partial charge on any atom is -0.496 e. The van der Waals surface area contributed by atoms with Gasteiger partial charge in [0.15, 0.2) is 12.1 Å². The monoisotopic (exact) mass is 382 g/mol. The Morgan fingerprint density at radius 3 is 2.73 bits per heavy atom. The van der Waals surface area contributed by atoms with Gasteiger partial charge >= 0.3 is 0 Å². The molecule has 80 valence electrons. The third-order valence-corrected chi connectivity index (χ3v) is 3.31. The lowest BCUT2D eigenvalue weighted by Crippen LogP contribution is -2.05. The van der Waals surface area contributed by atoms with Crippen molar-refractivity contribution in [2.45, 2.75) is 0 Å². The number of hydrogen-bond acceptors (Lipinski definition) is 3. The maximum atomic E-state index is 11.5. The molecule has 15 heavy (non-hydrogen) atoms. The number of benzene rings is 1. The summed E-state index contributed by atoms with van der Waals surface area (Å²) in [5.41, 5.74) is 0.928. The third-order valence-electron chi connectivity index (χ3n) is 1.87. The average Bonchev–Trinajstić information content (AvgIpc) is 2.27.